The highest BCUT2D eigenvalue weighted by Crippen LogP contribution is 2.13. The van der Waals surface area contributed by atoms with Crippen molar-refractivity contribution in [2.45, 2.75) is 116 Å². The largest absolute Gasteiger partial charge is 0.377 e. The maximum absolute atomic E-state index is 8.90. The number of nitrogens with one attached hydrogen (secondary N) is 1. The average Bonchev–Trinajstić information content (AvgIpc) is 2.53. The van der Waals surface area contributed by atoms with E-state index in [1.165, 1.54) is 103 Å². The van der Waals surface area contributed by atoms with E-state index >= 15 is 0 Å². The van der Waals surface area contributed by atoms with Crippen LogP contribution in [0.1, 0.15) is 110 Å². The van der Waals surface area contributed by atoms with Crippen molar-refractivity contribution < 1.29 is 5.11 Å². The number of rotatable bonds is 19. The molecular weight excluding hydrogens is 284 g/mol. The first kappa shape index (κ1) is 22.9. The van der Waals surface area contributed by atoms with E-state index in [-0.39, 0.29) is 0 Å². The molecule has 0 aliphatic heterocycles. The zero-order chi connectivity index (χ0) is 17.0. The van der Waals surface area contributed by atoms with Gasteiger partial charge in [-0.05, 0) is 13.0 Å². The fourth-order valence-electron chi connectivity index (χ4n) is 3.05. The lowest BCUT2D eigenvalue weighted by molar-refractivity contribution is 0.179. The summed E-state index contributed by atoms with van der Waals surface area (Å²) in [4.78, 5) is 0. The van der Waals surface area contributed by atoms with Crippen molar-refractivity contribution in [3.8, 4) is 0 Å². The van der Waals surface area contributed by atoms with Crippen LogP contribution in [0.3, 0.4) is 0 Å². The van der Waals surface area contributed by atoms with Crippen LogP contribution in [0.2, 0.25) is 0 Å². The number of nitrogens with two attached hydrogens (primary N) is 1. The minimum Gasteiger partial charge on any atom is -0.377 e. The molecule has 23 heavy (non-hydrogen) atoms. The third-order valence-electron chi connectivity index (χ3n) is 4.56. The summed E-state index contributed by atoms with van der Waals surface area (Å²) in [5.74, 6) is 0. The minimum absolute atomic E-state index is 0.513. The van der Waals surface area contributed by atoms with E-state index in [1.807, 2.05) is 0 Å². The lowest BCUT2D eigenvalue weighted by Crippen LogP contribution is -2.33. The molecule has 140 valence electrons. The van der Waals surface area contributed by atoms with E-state index in [4.69, 9.17) is 10.8 Å². The van der Waals surface area contributed by atoms with Gasteiger partial charge in [0.15, 0.2) is 0 Å². The molecule has 1 unspecified atom stereocenters. The molecule has 0 heterocycles. The standard InChI is InChI=1S/C20H44N2O/c1-2-3-4-5-6-7-8-9-10-11-12-13-14-15-16-17-18-22-19-20(21)23/h20,22-23H,2-19,21H2,1H3. The third kappa shape index (κ3) is 21.9. The molecule has 3 nitrogen and oxygen atoms in total. The molecular formula is C20H44N2O. The second-order valence-corrected chi connectivity index (χ2v) is 7.07. The van der Waals surface area contributed by atoms with Gasteiger partial charge in [-0.1, -0.05) is 103 Å². The monoisotopic (exact) mass is 328 g/mol. The summed E-state index contributed by atoms with van der Waals surface area (Å²) in [5.41, 5.74) is 5.26. The second kappa shape index (κ2) is 19.9. The number of unbranched alkanes of at least 4 members (excludes halogenated alkanes) is 15. The van der Waals surface area contributed by atoms with Crippen LogP contribution in [0, 0.1) is 0 Å². The van der Waals surface area contributed by atoms with Gasteiger partial charge in [0, 0.05) is 6.54 Å². The topological polar surface area (TPSA) is 58.3 Å². The first-order chi connectivity index (χ1) is 11.3. The Hall–Kier alpha value is -0.120. The molecule has 0 fully saturated rings. The van der Waals surface area contributed by atoms with E-state index in [1.54, 1.807) is 0 Å². The van der Waals surface area contributed by atoms with Gasteiger partial charge >= 0.3 is 0 Å². The van der Waals surface area contributed by atoms with Crippen LogP contribution in [-0.2, 0) is 0 Å². The third-order valence-corrected chi connectivity index (χ3v) is 4.56. The highest BCUT2D eigenvalue weighted by Gasteiger charge is 1.96. The van der Waals surface area contributed by atoms with Crippen LogP contribution in [0.4, 0.5) is 0 Å². The van der Waals surface area contributed by atoms with Gasteiger partial charge in [-0.15, -0.1) is 0 Å². The SMILES string of the molecule is CCCCCCCCCCCCCCCCCCNCC(N)O. The van der Waals surface area contributed by atoms with Gasteiger partial charge < -0.3 is 16.2 Å². The van der Waals surface area contributed by atoms with Gasteiger partial charge in [0.2, 0.25) is 0 Å². The number of aliphatic hydroxyl groups is 1. The Labute approximate surface area is 145 Å². The summed E-state index contributed by atoms with van der Waals surface area (Å²) in [7, 11) is 0. The second-order valence-electron chi connectivity index (χ2n) is 7.07. The van der Waals surface area contributed by atoms with E-state index < -0.39 is 6.23 Å². The van der Waals surface area contributed by atoms with Crippen LogP contribution >= 0.6 is 0 Å². The number of aliphatic hydroxyl groups excluding tert-OH is 1. The fraction of sp³-hybridized carbons (Fsp3) is 1.00. The normalized spacial score (nSPS) is 12.7. The van der Waals surface area contributed by atoms with Gasteiger partial charge in [-0.2, -0.15) is 0 Å². The summed E-state index contributed by atoms with van der Waals surface area (Å²) in [6, 6.07) is 0. The molecule has 0 amide bonds. The molecule has 0 rings (SSSR count). The van der Waals surface area contributed by atoms with E-state index in [2.05, 4.69) is 12.2 Å². The zero-order valence-corrected chi connectivity index (χ0v) is 15.8. The summed E-state index contributed by atoms with van der Waals surface area (Å²) >= 11 is 0. The van der Waals surface area contributed by atoms with Gasteiger partial charge in [0.25, 0.3) is 0 Å². The predicted molar refractivity (Wildman–Crippen MR) is 103 cm³/mol. The summed E-state index contributed by atoms with van der Waals surface area (Å²) in [6.07, 6.45) is 21.7. The van der Waals surface area contributed by atoms with Crippen molar-refractivity contribution in [2.24, 2.45) is 5.73 Å². The molecule has 0 aromatic rings. The summed E-state index contributed by atoms with van der Waals surface area (Å²) in [5, 5.41) is 12.1. The average molecular weight is 329 g/mol. The van der Waals surface area contributed by atoms with Crippen LogP contribution in [0.5, 0.6) is 0 Å². The van der Waals surface area contributed by atoms with Crippen molar-refractivity contribution in [2.75, 3.05) is 13.1 Å². The van der Waals surface area contributed by atoms with Crippen molar-refractivity contribution >= 4 is 0 Å². The Morgan fingerprint density at radius 1 is 0.652 bits per heavy atom. The van der Waals surface area contributed by atoms with E-state index in [0.717, 1.165) is 6.54 Å². The number of hydrogen-bond donors (Lipinski definition) is 3. The van der Waals surface area contributed by atoms with Crippen LogP contribution < -0.4 is 11.1 Å². The highest BCUT2D eigenvalue weighted by atomic mass is 16.3. The molecule has 0 spiro atoms. The van der Waals surface area contributed by atoms with Gasteiger partial charge in [0.05, 0.1) is 0 Å². The minimum atomic E-state index is -0.712. The first-order valence-corrected chi connectivity index (χ1v) is 10.4. The molecule has 1 atom stereocenters. The zero-order valence-electron chi connectivity index (χ0n) is 15.8. The van der Waals surface area contributed by atoms with Crippen molar-refractivity contribution in [3.05, 3.63) is 0 Å². The fourth-order valence-corrected chi connectivity index (χ4v) is 3.05. The smallest absolute Gasteiger partial charge is 0.115 e. The molecule has 0 aromatic heterocycles. The lowest BCUT2D eigenvalue weighted by Gasteiger charge is -2.06. The molecule has 0 radical (unpaired) electrons. The molecule has 0 bridgehead atoms. The van der Waals surface area contributed by atoms with Gasteiger partial charge in [-0.3, -0.25) is 0 Å². The molecule has 0 aliphatic rings. The van der Waals surface area contributed by atoms with Crippen LogP contribution in [-0.4, -0.2) is 24.4 Å². The maximum atomic E-state index is 8.90. The molecule has 0 aliphatic carbocycles. The van der Waals surface area contributed by atoms with Crippen LogP contribution in [0.25, 0.3) is 0 Å². The van der Waals surface area contributed by atoms with E-state index in [0.29, 0.717) is 6.54 Å². The van der Waals surface area contributed by atoms with Crippen molar-refractivity contribution in [3.63, 3.8) is 0 Å². The molecule has 4 N–H and O–H groups in total. The lowest BCUT2D eigenvalue weighted by atomic mass is 10.0. The van der Waals surface area contributed by atoms with E-state index in [9.17, 15) is 0 Å². The van der Waals surface area contributed by atoms with Gasteiger partial charge in [0.1, 0.15) is 6.23 Å². The van der Waals surface area contributed by atoms with Gasteiger partial charge in [-0.25, -0.2) is 0 Å². The highest BCUT2D eigenvalue weighted by molar-refractivity contribution is 4.53. The summed E-state index contributed by atoms with van der Waals surface area (Å²) < 4.78 is 0. The van der Waals surface area contributed by atoms with Crippen molar-refractivity contribution in [1.29, 1.82) is 0 Å². The maximum Gasteiger partial charge on any atom is 0.115 e. The quantitative estimate of drug-likeness (QED) is 0.228. The van der Waals surface area contributed by atoms with Crippen LogP contribution in [0.15, 0.2) is 0 Å². The Kier molecular flexibility index (Phi) is 19.8. The Morgan fingerprint density at radius 3 is 1.35 bits per heavy atom. The predicted octanol–water partition coefficient (Wildman–Crippen LogP) is 5.11. The number of hydrogen-bond acceptors (Lipinski definition) is 3. The Balaban J connectivity index is 2.95. The van der Waals surface area contributed by atoms with Crippen molar-refractivity contribution in [1.82, 2.24) is 5.32 Å². The molecule has 0 aromatic carbocycles. The Bertz CT molecular complexity index is 210. The first-order valence-electron chi connectivity index (χ1n) is 10.4. The summed E-state index contributed by atoms with van der Waals surface area (Å²) in [6.45, 7) is 3.78. The molecule has 0 saturated heterocycles. The Morgan fingerprint density at radius 2 is 1.00 bits per heavy atom. The molecule has 0 saturated carbocycles. The molecule has 3 heteroatoms.